The maximum atomic E-state index is 11.0. The molecule has 0 aromatic carbocycles. The number of hydrogen-bond acceptors (Lipinski definition) is 6. The summed E-state index contributed by atoms with van der Waals surface area (Å²) >= 11 is 0. The molecule has 22 heavy (non-hydrogen) atoms. The zero-order chi connectivity index (χ0) is 16.3. The number of hydrogen-bond donors (Lipinski definition) is 2. The van der Waals surface area contributed by atoms with E-state index in [4.69, 9.17) is 9.47 Å². The topological polar surface area (TPSA) is 93.1 Å². The fraction of sp³-hybridized carbons (Fsp3) is 0.875. The lowest BCUT2D eigenvalue weighted by atomic mass is 9.71. The first-order valence-corrected chi connectivity index (χ1v) is 8.07. The van der Waals surface area contributed by atoms with Crippen LogP contribution in [0.15, 0.2) is 0 Å². The minimum Gasteiger partial charge on any atom is -0.460 e. The highest BCUT2D eigenvalue weighted by molar-refractivity contribution is 5.66. The van der Waals surface area contributed by atoms with E-state index in [9.17, 15) is 19.8 Å². The minimum absolute atomic E-state index is 0.315. The van der Waals surface area contributed by atoms with Crippen molar-refractivity contribution >= 4 is 11.9 Å². The lowest BCUT2D eigenvalue weighted by Gasteiger charge is -2.40. The van der Waals surface area contributed by atoms with Crippen molar-refractivity contribution in [2.24, 2.45) is 11.8 Å². The van der Waals surface area contributed by atoms with E-state index >= 15 is 0 Å². The van der Waals surface area contributed by atoms with Crippen LogP contribution in [0.25, 0.3) is 0 Å². The van der Waals surface area contributed by atoms with E-state index in [0.29, 0.717) is 37.5 Å². The smallest absolute Gasteiger partial charge is 0.302 e. The summed E-state index contributed by atoms with van der Waals surface area (Å²) in [5.41, 5.74) is 0. The Hall–Kier alpha value is -1.14. The number of esters is 2. The lowest BCUT2D eigenvalue weighted by molar-refractivity contribution is -0.161. The van der Waals surface area contributed by atoms with Gasteiger partial charge in [0, 0.05) is 13.8 Å². The van der Waals surface area contributed by atoms with Crippen LogP contribution in [-0.2, 0) is 19.1 Å². The van der Waals surface area contributed by atoms with Gasteiger partial charge in [0.05, 0.1) is 12.2 Å². The third-order valence-corrected chi connectivity index (χ3v) is 4.89. The molecule has 0 aromatic rings. The van der Waals surface area contributed by atoms with Gasteiger partial charge >= 0.3 is 11.9 Å². The molecule has 2 aliphatic carbocycles. The average Bonchev–Trinajstić information content (AvgIpc) is 2.42. The van der Waals surface area contributed by atoms with Crippen LogP contribution >= 0.6 is 0 Å². The summed E-state index contributed by atoms with van der Waals surface area (Å²) in [6, 6.07) is 0. The highest BCUT2D eigenvalue weighted by Gasteiger charge is 2.39. The zero-order valence-electron chi connectivity index (χ0n) is 13.2. The molecule has 0 bridgehead atoms. The molecule has 6 heteroatoms. The molecule has 2 rings (SSSR count). The molecule has 0 amide bonds. The maximum absolute atomic E-state index is 11.0. The molecule has 0 aliphatic heterocycles. The monoisotopic (exact) mass is 314 g/mol. The summed E-state index contributed by atoms with van der Waals surface area (Å²) < 4.78 is 10.3. The Kier molecular flexibility index (Phi) is 5.81. The first-order valence-electron chi connectivity index (χ1n) is 8.07. The summed E-state index contributed by atoms with van der Waals surface area (Å²) in [7, 11) is 0. The average molecular weight is 314 g/mol. The molecule has 0 spiro atoms. The number of carbonyl (C=O) groups is 2. The quantitative estimate of drug-likeness (QED) is 0.760. The Morgan fingerprint density at radius 3 is 1.41 bits per heavy atom. The van der Waals surface area contributed by atoms with Gasteiger partial charge in [0.25, 0.3) is 0 Å². The molecule has 2 saturated carbocycles. The molecule has 0 heterocycles. The van der Waals surface area contributed by atoms with E-state index in [2.05, 4.69) is 0 Å². The maximum Gasteiger partial charge on any atom is 0.302 e. The molecule has 2 N–H and O–H groups in total. The summed E-state index contributed by atoms with van der Waals surface area (Å²) in [6.07, 6.45) is 2.18. The number of ether oxygens (including phenoxy) is 2. The molecular weight excluding hydrogens is 288 g/mol. The predicted molar refractivity (Wildman–Crippen MR) is 77.8 cm³/mol. The minimum atomic E-state index is -0.633. The van der Waals surface area contributed by atoms with Gasteiger partial charge in [-0.05, 0) is 50.4 Å². The van der Waals surface area contributed by atoms with Gasteiger partial charge in [-0.1, -0.05) is 0 Å². The fourth-order valence-electron chi connectivity index (χ4n) is 3.86. The van der Waals surface area contributed by atoms with E-state index in [1.165, 1.54) is 13.8 Å². The third-order valence-electron chi connectivity index (χ3n) is 4.89. The highest BCUT2D eigenvalue weighted by Crippen LogP contribution is 2.39. The Labute approximate surface area is 130 Å². The predicted octanol–water partition coefficient (Wildman–Crippen LogP) is 1.17. The second kappa shape index (κ2) is 7.42. The molecule has 2 fully saturated rings. The highest BCUT2D eigenvalue weighted by atomic mass is 16.6. The normalized spacial score (nSPS) is 39.1. The van der Waals surface area contributed by atoms with E-state index in [-0.39, 0.29) is 11.9 Å². The summed E-state index contributed by atoms with van der Waals surface area (Å²) in [5, 5.41) is 20.3. The summed E-state index contributed by atoms with van der Waals surface area (Å²) in [4.78, 5) is 22.0. The standard InChI is InChI=1S/C16H26O6/c1-9(17)21-15-5-3-11(7-13(15)19)12-4-6-16(14(20)8-12)22-10(2)18/h11-16,19-20H,3-8H2,1-2H3. The van der Waals surface area contributed by atoms with E-state index in [1.54, 1.807) is 0 Å². The van der Waals surface area contributed by atoms with Gasteiger partial charge in [-0.2, -0.15) is 0 Å². The summed E-state index contributed by atoms with van der Waals surface area (Å²) in [6.45, 7) is 2.71. The van der Waals surface area contributed by atoms with Gasteiger partial charge in [0.15, 0.2) is 0 Å². The van der Waals surface area contributed by atoms with Gasteiger partial charge in [-0.3, -0.25) is 9.59 Å². The van der Waals surface area contributed by atoms with Crippen molar-refractivity contribution < 1.29 is 29.3 Å². The number of aliphatic hydroxyl groups is 2. The number of rotatable bonds is 3. The van der Waals surface area contributed by atoms with Crippen LogP contribution in [-0.4, -0.2) is 46.6 Å². The van der Waals surface area contributed by atoms with Crippen molar-refractivity contribution in [3.05, 3.63) is 0 Å². The SMILES string of the molecule is CC(=O)OC1CCC(C2CCC(OC(C)=O)C(O)C2)CC1O. The van der Waals surface area contributed by atoms with Crippen molar-refractivity contribution in [2.75, 3.05) is 0 Å². The van der Waals surface area contributed by atoms with E-state index < -0.39 is 24.4 Å². The number of carbonyl (C=O) groups excluding carboxylic acids is 2. The van der Waals surface area contributed by atoms with Gasteiger partial charge < -0.3 is 19.7 Å². The van der Waals surface area contributed by atoms with Crippen molar-refractivity contribution in [3.63, 3.8) is 0 Å². The van der Waals surface area contributed by atoms with Crippen LogP contribution in [0.5, 0.6) is 0 Å². The zero-order valence-corrected chi connectivity index (χ0v) is 13.2. The van der Waals surface area contributed by atoms with Crippen LogP contribution in [0.3, 0.4) is 0 Å². The molecule has 126 valence electrons. The van der Waals surface area contributed by atoms with Crippen LogP contribution in [0.2, 0.25) is 0 Å². The summed E-state index contributed by atoms with van der Waals surface area (Å²) in [5.74, 6) is -0.0934. The first kappa shape index (κ1) is 17.2. The molecule has 6 nitrogen and oxygen atoms in total. The van der Waals surface area contributed by atoms with Gasteiger partial charge in [-0.25, -0.2) is 0 Å². The largest absolute Gasteiger partial charge is 0.460 e. The van der Waals surface area contributed by atoms with E-state index in [0.717, 1.165) is 12.8 Å². The van der Waals surface area contributed by atoms with Crippen molar-refractivity contribution in [1.82, 2.24) is 0 Å². The number of aliphatic hydroxyl groups excluding tert-OH is 2. The van der Waals surface area contributed by atoms with Crippen LogP contribution in [0.1, 0.15) is 52.4 Å². The van der Waals surface area contributed by atoms with E-state index in [1.807, 2.05) is 0 Å². The molecular formula is C16H26O6. The van der Waals surface area contributed by atoms with Crippen molar-refractivity contribution in [1.29, 1.82) is 0 Å². The third kappa shape index (κ3) is 4.43. The Morgan fingerprint density at radius 1 is 0.773 bits per heavy atom. The second-order valence-corrected chi connectivity index (χ2v) is 6.58. The Bertz CT molecular complexity index is 371. The second-order valence-electron chi connectivity index (χ2n) is 6.58. The van der Waals surface area contributed by atoms with Gasteiger partial charge in [-0.15, -0.1) is 0 Å². The van der Waals surface area contributed by atoms with Crippen LogP contribution < -0.4 is 0 Å². The molecule has 0 aromatic heterocycles. The molecule has 2 aliphatic rings. The van der Waals surface area contributed by atoms with Gasteiger partial charge in [0.1, 0.15) is 12.2 Å². The fourth-order valence-corrected chi connectivity index (χ4v) is 3.86. The molecule has 0 saturated heterocycles. The molecule has 6 atom stereocenters. The Balaban J connectivity index is 1.84. The molecule has 6 unspecified atom stereocenters. The van der Waals surface area contributed by atoms with Crippen LogP contribution in [0, 0.1) is 11.8 Å². The van der Waals surface area contributed by atoms with Crippen LogP contribution in [0.4, 0.5) is 0 Å². The van der Waals surface area contributed by atoms with Crippen molar-refractivity contribution in [3.8, 4) is 0 Å². The first-order chi connectivity index (χ1) is 10.4. The molecule has 0 radical (unpaired) electrons. The van der Waals surface area contributed by atoms with Crippen molar-refractivity contribution in [2.45, 2.75) is 76.8 Å². The Morgan fingerprint density at radius 2 is 1.14 bits per heavy atom. The van der Waals surface area contributed by atoms with Gasteiger partial charge in [0.2, 0.25) is 0 Å². The lowest BCUT2D eigenvalue weighted by Crippen LogP contribution is -2.43.